The largest absolute Gasteiger partial charge is 0.478 e. The first-order chi connectivity index (χ1) is 16.1. The lowest BCUT2D eigenvalue weighted by Gasteiger charge is -2.26. The molecule has 1 saturated heterocycles. The second-order valence-corrected chi connectivity index (χ2v) is 8.21. The molecule has 164 valence electrons. The van der Waals surface area contributed by atoms with E-state index in [-0.39, 0.29) is 17.6 Å². The van der Waals surface area contributed by atoms with Crippen molar-refractivity contribution in [3.8, 4) is 11.3 Å². The van der Waals surface area contributed by atoms with E-state index >= 15 is 0 Å². The minimum absolute atomic E-state index is 0.171. The van der Waals surface area contributed by atoms with Gasteiger partial charge in [0, 0.05) is 18.3 Å². The number of furan rings is 1. The summed E-state index contributed by atoms with van der Waals surface area (Å²) in [4.78, 5) is 17.8. The van der Waals surface area contributed by atoms with Crippen molar-refractivity contribution in [1.82, 2.24) is 15.2 Å². The van der Waals surface area contributed by atoms with Crippen LogP contribution in [-0.4, -0.2) is 26.1 Å². The first kappa shape index (κ1) is 20.9. The highest BCUT2D eigenvalue weighted by atomic mass is 32.1. The number of pyridine rings is 1. The summed E-state index contributed by atoms with van der Waals surface area (Å²) in [5, 5.41) is 13.2. The van der Waals surface area contributed by atoms with Gasteiger partial charge in [-0.15, -0.1) is 0 Å². The van der Waals surface area contributed by atoms with Crippen LogP contribution in [0.1, 0.15) is 39.5 Å². The molecule has 2 N–H and O–H groups in total. The number of carboxylic acid groups (broad SMARTS) is 1. The van der Waals surface area contributed by atoms with Gasteiger partial charge in [-0.1, -0.05) is 48.5 Å². The van der Waals surface area contributed by atoms with Crippen LogP contribution in [0.15, 0.2) is 95.5 Å². The Morgan fingerprint density at radius 2 is 1.76 bits per heavy atom. The number of hydrogen-bond acceptors (Lipinski definition) is 4. The highest BCUT2D eigenvalue weighted by molar-refractivity contribution is 7.80. The third kappa shape index (κ3) is 4.23. The molecule has 2 aromatic carbocycles. The molecule has 0 amide bonds. The third-order valence-electron chi connectivity index (χ3n) is 5.73. The summed E-state index contributed by atoms with van der Waals surface area (Å²) in [6.45, 7) is 0.629. The first-order valence-corrected chi connectivity index (χ1v) is 11.0. The van der Waals surface area contributed by atoms with Crippen molar-refractivity contribution >= 4 is 23.3 Å². The highest BCUT2D eigenvalue weighted by Crippen LogP contribution is 2.41. The Hall–Kier alpha value is -3.97. The fourth-order valence-corrected chi connectivity index (χ4v) is 4.41. The molecular formula is C26H21N3O3S. The SMILES string of the molecule is O=C(O)c1ccc(-c2ccc([C@@H]3[C@@H](c4ccccn4)NC(=S)N3Cc3ccccc3)o2)cc1. The topological polar surface area (TPSA) is 78.6 Å². The maximum Gasteiger partial charge on any atom is 0.335 e. The van der Waals surface area contributed by atoms with Gasteiger partial charge in [-0.25, -0.2) is 4.79 Å². The number of benzene rings is 2. The van der Waals surface area contributed by atoms with Gasteiger partial charge in [0.2, 0.25) is 0 Å². The molecule has 0 saturated carbocycles. The summed E-state index contributed by atoms with van der Waals surface area (Å²) >= 11 is 5.72. The van der Waals surface area contributed by atoms with Crippen LogP contribution in [0, 0.1) is 0 Å². The lowest BCUT2D eigenvalue weighted by molar-refractivity contribution is 0.0697. The predicted octanol–water partition coefficient (Wildman–Crippen LogP) is 5.21. The van der Waals surface area contributed by atoms with E-state index in [0.717, 1.165) is 22.6 Å². The van der Waals surface area contributed by atoms with Gasteiger partial charge in [-0.2, -0.15) is 0 Å². The highest BCUT2D eigenvalue weighted by Gasteiger charge is 2.41. The maximum absolute atomic E-state index is 11.2. The van der Waals surface area contributed by atoms with Crippen LogP contribution >= 0.6 is 12.2 Å². The van der Waals surface area contributed by atoms with Crippen LogP contribution in [-0.2, 0) is 6.54 Å². The normalized spacial score (nSPS) is 17.7. The van der Waals surface area contributed by atoms with Gasteiger partial charge in [0.05, 0.1) is 17.3 Å². The average Bonchev–Trinajstić information content (AvgIpc) is 3.45. The number of aromatic nitrogens is 1. The molecule has 0 radical (unpaired) electrons. The zero-order valence-electron chi connectivity index (χ0n) is 17.6. The van der Waals surface area contributed by atoms with E-state index in [1.54, 1.807) is 30.5 Å². The standard InChI is InChI=1S/C26H21N3O3S/c30-25(31)19-11-9-18(10-12-19)21-13-14-22(32-21)24-23(20-8-4-5-15-27-20)28-26(33)29(24)16-17-6-2-1-3-7-17/h1-15,23-24H,16H2,(H,28,33)(H,30,31)/t23-,24-/m1/s1. The summed E-state index contributed by atoms with van der Waals surface area (Å²) in [7, 11) is 0. The van der Waals surface area contributed by atoms with E-state index in [9.17, 15) is 4.79 Å². The average molecular weight is 456 g/mol. The quantitative estimate of drug-likeness (QED) is 0.386. The fraction of sp³-hybridized carbons (Fsp3) is 0.115. The van der Waals surface area contributed by atoms with Gasteiger partial charge in [-0.05, 0) is 54.2 Å². The van der Waals surface area contributed by atoms with E-state index in [2.05, 4.69) is 27.3 Å². The Morgan fingerprint density at radius 1 is 1.00 bits per heavy atom. The minimum Gasteiger partial charge on any atom is -0.478 e. The fourth-order valence-electron chi connectivity index (χ4n) is 4.11. The van der Waals surface area contributed by atoms with Crippen molar-refractivity contribution in [2.75, 3.05) is 0 Å². The van der Waals surface area contributed by atoms with Crippen molar-refractivity contribution in [2.24, 2.45) is 0 Å². The van der Waals surface area contributed by atoms with Gasteiger partial charge < -0.3 is 19.7 Å². The molecule has 5 rings (SSSR count). The van der Waals surface area contributed by atoms with Crippen LogP contribution < -0.4 is 5.32 Å². The third-order valence-corrected chi connectivity index (χ3v) is 6.08. The minimum atomic E-state index is -0.956. The Kier molecular flexibility index (Phi) is 5.62. The molecule has 0 spiro atoms. The number of carboxylic acids is 1. The number of hydrogen-bond donors (Lipinski definition) is 2. The Labute approximate surface area is 196 Å². The smallest absolute Gasteiger partial charge is 0.335 e. The molecule has 2 aromatic heterocycles. The number of rotatable bonds is 6. The first-order valence-electron chi connectivity index (χ1n) is 10.6. The van der Waals surface area contributed by atoms with Gasteiger partial charge in [0.15, 0.2) is 5.11 Å². The molecule has 4 aromatic rings. The van der Waals surface area contributed by atoms with Crippen molar-refractivity contribution in [1.29, 1.82) is 0 Å². The maximum atomic E-state index is 11.2. The van der Waals surface area contributed by atoms with Crippen LogP contribution in [0.4, 0.5) is 0 Å². The molecule has 0 bridgehead atoms. The number of thiocarbonyl (C=S) groups is 1. The molecular weight excluding hydrogens is 434 g/mol. The van der Waals surface area contributed by atoms with E-state index in [4.69, 9.17) is 21.7 Å². The van der Waals surface area contributed by atoms with Crippen molar-refractivity contribution in [2.45, 2.75) is 18.6 Å². The molecule has 7 heteroatoms. The Bertz CT molecular complexity index is 1270. The molecule has 0 unspecified atom stereocenters. The zero-order chi connectivity index (χ0) is 22.8. The number of carbonyl (C=O) groups is 1. The van der Waals surface area contributed by atoms with Crippen LogP contribution in [0.3, 0.4) is 0 Å². The van der Waals surface area contributed by atoms with Crippen LogP contribution in [0.2, 0.25) is 0 Å². The number of aromatic carboxylic acids is 1. The Morgan fingerprint density at radius 3 is 2.45 bits per heavy atom. The van der Waals surface area contributed by atoms with E-state index in [1.807, 2.05) is 48.5 Å². The van der Waals surface area contributed by atoms with E-state index < -0.39 is 5.97 Å². The number of nitrogens with zero attached hydrogens (tertiary/aromatic N) is 2. The monoisotopic (exact) mass is 455 g/mol. The summed E-state index contributed by atoms with van der Waals surface area (Å²) in [5.41, 5.74) is 3.07. The van der Waals surface area contributed by atoms with Crippen LogP contribution in [0.25, 0.3) is 11.3 Å². The lowest BCUT2D eigenvalue weighted by Crippen LogP contribution is -2.29. The summed E-state index contributed by atoms with van der Waals surface area (Å²) in [6.07, 6.45) is 1.77. The Balaban J connectivity index is 1.51. The molecule has 0 aliphatic carbocycles. The summed E-state index contributed by atoms with van der Waals surface area (Å²) < 4.78 is 6.31. The van der Waals surface area contributed by atoms with Gasteiger partial charge >= 0.3 is 5.97 Å². The predicted molar refractivity (Wildman–Crippen MR) is 129 cm³/mol. The summed E-state index contributed by atoms with van der Waals surface area (Å²) in [6, 6.07) is 26.1. The molecule has 1 fully saturated rings. The van der Waals surface area contributed by atoms with Crippen molar-refractivity contribution < 1.29 is 14.3 Å². The molecule has 2 atom stereocenters. The second-order valence-electron chi connectivity index (χ2n) is 7.82. The summed E-state index contributed by atoms with van der Waals surface area (Å²) in [5.74, 6) is 0.465. The molecule has 1 aliphatic rings. The van der Waals surface area contributed by atoms with Crippen molar-refractivity contribution in [3.05, 3.63) is 114 Å². The second kappa shape index (κ2) is 8.88. The molecule has 6 nitrogen and oxygen atoms in total. The van der Waals surface area contributed by atoms with Crippen LogP contribution in [0.5, 0.6) is 0 Å². The molecule has 33 heavy (non-hydrogen) atoms. The lowest BCUT2D eigenvalue weighted by atomic mass is 10.0. The van der Waals surface area contributed by atoms with E-state index in [1.165, 1.54) is 0 Å². The molecule has 3 heterocycles. The van der Waals surface area contributed by atoms with Crippen molar-refractivity contribution in [3.63, 3.8) is 0 Å². The molecule has 1 aliphatic heterocycles. The number of nitrogens with one attached hydrogen (secondary N) is 1. The van der Waals surface area contributed by atoms with Gasteiger partial charge in [0.1, 0.15) is 17.6 Å². The zero-order valence-corrected chi connectivity index (χ0v) is 18.4. The van der Waals surface area contributed by atoms with E-state index in [0.29, 0.717) is 17.4 Å². The van der Waals surface area contributed by atoms with Gasteiger partial charge in [0.25, 0.3) is 0 Å². The van der Waals surface area contributed by atoms with Gasteiger partial charge in [-0.3, -0.25) is 4.98 Å².